The van der Waals surface area contributed by atoms with E-state index in [2.05, 4.69) is 4.99 Å². The van der Waals surface area contributed by atoms with Gasteiger partial charge in [-0.3, -0.25) is 0 Å². The number of nitrogens with zero attached hydrogens (tertiary/aromatic N) is 2. The minimum absolute atomic E-state index is 0.300. The van der Waals surface area contributed by atoms with Crippen LogP contribution < -0.4 is 4.80 Å². The van der Waals surface area contributed by atoms with Crippen LogP contribution in [-0.2, 0) is 6.54 Å². The van der Waals surface area contributed by atoms with Crippen LogP contribution >= 0.6 is 11.3 Å². The molecule has 0 saturated heterocycles. The van der Waals surface area contributed by atoms with Crippen molar-refractivity contribution in [2.24, 2.45) is 4.99 Å². The highest BCUT2D eigenvalue weighted by Crippen LogP contribution is 2.29. The number of benzene rings is 2. The third kappa shape index (κ3) is 3.08. The second kappa shape index (κ2) is 6.98. The Morgan fingerprint density at radius 2 is 1.86 bits per heavy atom. The zero-order valence-corrected chi connectivity index (χ0v) is 15.5. The van der Waals surface area contributed by atoms with Crippen LogP contribution in [0.15, 0.2) is 92.2 Å². The lowest BCUT2D eigenvalue weighted by atomic mass is 10.2. The van der Waals surface area contributed by atoms with Gasteiger partial charge in [0.25, 0.3) is 0 Å². The largest absolute Gasteiger partial charge is 0.467 e. The zero-order chi connectivity index (χ0) is 18.9. The van der Waals surface area contributed by atoms with Gasteiger partial charge >= 0.3 is 0 Å². The van der Waals surface area contributed by atoms with Crippen molar-refractivity contribution in [3.8, 4) is 11.5 Å². The van der Waals surface area contributed by atoms with Gasteiger partial charge in [-0.1, -0.05) is 30.3 Å². The van der Waals surface area contributed by atoms with Crippen LogP contribution in [0.5, 0.6) is 0 Å². The molecule has 3 aromatic heterocycles. The Morgan fingerprint density at radius 3 is 2.68 bits per heavy atom. The Balaban J connectivity index is 1.69. The Labute approximate surface area is 163 Å². The molecule has 0 atom stereocenters. The van der Waals surface area contributed by atoms with Crippen molar-refractivity contribution >= 4 is 28.0 Å². The molecule has 5 aromatic rings. The molecule has 0 spiro atoms. The smallest absolute Gasteiger partial charge is 0.191 e. The van der Waals surface area contributed by atoms with Crippen molar-refractivity contribution in [3.05, 3.63) is 94.8 Å². The molecular formula is C22H15FN2O2S. The van der Waals surface area contributed by atoms with E-state index in [-0.39, 0.29) is 5.82 Å². The summed E-state index contributed by atoms with van der Waals surface area (Å²) >= 11 is 1.43. The molecule has 0 aliphatic carbocycles. The van der Waals surface area contributed by atoms with Crippen LogP contribution in [0, 0.1) is 5.82 Å². The lowest BCUT2D eigenvalue weighted by Crippen LogP contribution is -2.16. The van der Waals surface area contributed by atoms with Crippen molar-refractivity contribution in [1.82, 2.24) is 4.57 Å². The number of para-hydroxylation sites is 2. The SMILES string of the molecule is Fc1ccccc1N=c1scc(-c2cc3ccccc3o2)n1Cc1ccco1. The second-order valence-electron chi connectivity index (χ2n) is 6.28. The summed E-state index contributed by atoms with van der Waals surface area (Å²) in [6.45, 7) is 0.468. The fourth-order valence-corrected chi connectivity index (χ4v) is 3.98. The molecule has 0 saturated carbocycles. The van der Waals surface area contributed by atoms with Crippen LogP contribution in [0.25, 0.3) is 22.4 Å². The van der Waals surface area contributed by atoms with E-state index in [9.17, 15) is 4.39 Å². The lowest BCUT2D eigenvalue weighted by Gasteiger charge is -2.05. The molecule has 0 aliphatic rings. The van der Waals surface area contributed by atoms with E-state index in [0.29, 0.717) is 17.0 Å². The maximum Gasteiger partial charge on any atom is 0.191 e. The normalized spacial score (nSPS) is 12.1. The Hall–Kier alpha value is -3.38. The van der Waals surface area contributed by atoms with Gasteiger partial charge in [-0.25, -0.2) is 9.38 Å². The van der Waals surface area contributed by atoms with Gasteiger partial charge in [0, 0.05) is 10.8 Å². The van der Waals surface area contributed by atoms with Gasteiger partial charge in [0.15, 0.2) is 10.6 Å². The van der Waals surface area contributed by atoms with Crippen LogP contribution in [0.2, 0.25) is 0 Å². The topological polar surface area (TPSA) is 43.6 Å². The predicted molar refractivity (Wildman–Crippen MR) is 107 cm³/mol. The fraction of sp³-hybridized carbons (Fsp3) is 0.0455. The summed E-state index contributed by atoms with van der Waals surface area (Å²) in [5.41, 5.74) is 1.99. The van der Waals surface area contributed by atoms with E-state index in [0.717, 1.165) is 28.2 Å². The van der Waals surface area contributed by atoms with Crippen LogP contribution in [-0.4, -0.2) is 4.57 Å². The first-order valence-electron chi connectivity index (χ1n) is 8.77. The number of hydrogen-bond donors (Lipinski definition) is 0. The summed E-state index contributed by atoms with van der Waals surface area (Å²) in [4.78, 5) is 5.21. The highest BCUT2D eigenvalue weighted by Gasteiger charge is 2.14. The molecule has 0 bridgehead atoms. The summed E-state index contributed by atoms with van der Waals surface area (Å²) in [5.74, 6) is 1.16. The molecular weight excluding hydrogens is 375 g/mol. The van der Waals surface area contributed by atoms with E-state index in [1.54, 1.807) is 24.5 Å². The second-order valence-corrected chi connectivity index (χ2v) is 7.12. The molecule has 2 aromatic carbocycles. The van der Waals surface area contributed by atoms with E-state index in [4.69, 9.17) is 8.83 Å². The van der Waals surface area contributed by atoms with Gasteiger partial charge in [-0.2, -0.15) is 0 Å². The maximum absolute atomic E-state index is 14.1. The summed E-state index contributed by atoms with van der Waals surface area (Å²) < 4.78 is 27.7. The summed E-state index contributed by atoms with van der Waals surface area (Å²) in [6.07, 6.45) is 1.64. The highest BCUT2D eigenvalue weighted by atomic mass is 32.1. The predicted octanol–water partition coefficient (Wildman–Crippen LogP) is 5.98. The maximum atomic E-state index is 14.1. The molecule has 5 rings (SSSR count). The minimum Gasteiger partial charge on any atom is -0.467 e. The monoisotopic (exact) mass is 390 g/mol. The first-order valence-corrected chi connectivity index (χ1v) is 9.65. The van der Waals surface area contributed by atoms with Crippen molar-refractivity contribution in [2.45, 2.75) is 6.54 Å². The Kier molecular flexibility index (Phi) is 4.18. The average Bonchev–Trinajstić information content (AvgIpc) is 3.44. The molecule has 138 valence electrons. The molecule has 0 aliphatic heterocycles. The quantitative estimate of drug-likeness (QED) is 0.379. The van der Waals surface area contributed by atoms with E-state index in [1.807, 2.05) is 52.4 Å². The summed E-state index contributed by atoms with van der Waals surface area (Å²) in [7, 11) is 0. The third-order valence-corrected chi connectivity index (χ3v) is 5.30. The average molecular weight is 390 g/mol. The van der Waals surface area contributed by atoms with Gasteiger partial charge in [-0.15, -0.1) is 11.3 Å². The highest BCUT2D eigenvalue weighted by molar-refractivity contribution is 7.07. The number of thiazole rings is 1. The summed E-state index contributed by atoms with van der Waals surface area (Å²) in [5, 5.41) is 3.00. The minimum atomic E-state index is -0.356. The number of fused-ring (bicyclic) bond motifs is 1. The molecule has 0 unspecified atom stereocenters. The molecule has 6 heteroatoms. The zero-order valence-electron chi connectivity index (χ0n) is 14.7. The fourth-order valence-electron chi connectivity index (χ4n) is 3.08. The lowest BCUT2D eigenvalue weighted by molar-refractivity contribution is 0.490. The molecule has 0 amide bonds. The molecule has 0 N–H and O–H groups in total. The molecule has 3 heterocycles. The standard InChI is InChI=1S/C22H15FN2O2S/c23-17-8-2-3-9-18(17)24-22-25(13-16-7-5-11-26-16)19(14-28-22)21-12-15-6-1-4-10-20(15)27-21/h1-12,14H,13H2. The van der Waals surface area contributed by atoms with Crippen molar-refractivity contribution < 1.29 is 13.2 Å². The third-order valence-electron chi connectivity index (χ3n) is 4.44. The van der Waals surface area contributed by atoms with Crippen LogP contribution in [0.3, 0.4) is 0 Å². The number of halogens is 1. The summed E-state index contributed by atoms with van der Waals surface area (Å²) in [6, 6.07) is 20.1. The van der Waals surface area contributed by atoms with Gasteiger partial charge in [0.05, 0.1) is 18.5 Å². The first-order chi connectivity index (χ1) is 13.8. The van der Waals surface area contributed by atoms with Crippen LogP contribution in [0.1, 0.15) is 5.76 Å². The molecule has 4 nitrogen and oxygen atoms in total. The van der Waals surface area contributed by atoms with E-state index in [1.165, 1.54) is 17.4 Å². The van der Waals surface area contributed by atoms with Crippen molar-refractivity contribution in [2.75, 3.05) is 0 Å². The van der Waals surface area contributed by atoms with Gasteiger partial charge in [0.1, 0.15) is 22.8 Å². The number of hydrogen-bond acceptors (Lipinski definition) is 4. The number of furan rings is 2. The van der Waals surface area contributed by atoms with E-state index < -0.39 is 0 Å². The van der Waals surface area contributed by atoms with Crippen LogP contribution in [0.4, 0.5) is 10.1 Å². The molecule has 28 heavy (non-hydrogen) atoms. The molecule has 0 fully saturated rings. The van der Waals surface area contributed by atoms with Gasteiger partial charge in [0.2, 0.25) is 0 Å². The van der Waals surface area contributed by atoms with Gasteiger partial charge in [-0.05, 0) is 36.4 Å². The van der Waals surface area contributed by atoms with E-state index >= 15 is 0 Å². The number of aromatic nitrogens is 1. The van der Waals surface area contributed by atoms with Crippen molar-refractivity contribution in [3.63, 3.8) is 0 Å². The number of rotatable bonds is 4. The Morgan fingerprint density at radius 1 is 1.00 bits per heavy atom. The van der Waals surface area contributed by atoms with Crippen molar-refractivity contribution in [1.29, 1.82) is 0 Å². The Bertz CT molecular complexity index is 1280. The molecule has 0 radical (unpaired) electrons. The van der Waals surface area contributed by atoms with Gasteiger partial charge < -0.3 is 13.4 Å². The first kappa shape index (κ1) is 16.8.